The number of rotatable bonds is 7. The smallest absolute Gasteiger partial charge is 0.209 e. The predicted octanol–water partition coefficient (Wildman–Crippen LogP) is 8.12. The maximum Gasteiger partial charge on any atom is 0.209 e. The van der Waals surface area contributed by atoms with Gasteiger partial charge >= 0.3 is 0 Å². The van der Waals surface area contributed by atoms with Crippen molar-refractivity contribution in [3.05, 3.63) is 148 Å². The monoisotopic (exact) mass is 724 g/mol. The average Bonchev–Trinajstić information content (AvgIpc) is 3.56. The number of nitrogens with one attached hydrogen (secondary N) is 2. The van der Waals surface area contributed by atoms with Crippen molar-refractivity contribution in [3.8, 4) is 0 Å². The number of H-pyrrole nitrogens is 2. The quantitative estimate of drug-likeness (QED) is 0.132. The van der Waals surface area contributed by atoms with Crippen LogP contribution in [-0.4, -0.2) is 21.5 Å². The number of aryl methyl sites for hydroxylation is 3. The molecule has 0 fully saturated rings. The summed E-state index contributed by atoms with van der Waals surface area (Å²) in [5.74, 6) is -0.302. The van der Waals surface area contributed by atoms with E-state index < -0.39 is 0 Å². The number of ketones is 2. The Morgan fingerprint density at radius 3 is 1.50 bits per heavy atom. The second-order valence-corrected chi connectivity index (χ2v) is 12.1. The predicted molar refractivity (Wildman–Crippen MR) is 168 cm³/mol. The Morgan fingerprint density at radius 2 is 1.08 bits per heavy atom. The van der Waals surface area contributed by atoms with E-state index in [0.717, 1.165) is 35.2 Å². The first kappa shape index (κ1) is 26.6. The molecule has 0 aliphatic rings. The fourth-order valence-corrected chi connectivity index (χ4v) is 6.21. The molecule has 3 aromatic carbocycles. The van der Waals surface area contributed by atoms with Crippen LogP contribution < -0.4 is 0 Å². The number of carbonyl (C=O) groups is 2. The first-order valence-corrected chi connectivity index (χ1v) is 14.4. The number of hydrogen-bond donors (Lipinski definition) is 2. The number of carbonyl (C=O) groups excluding carboxylic acids is 2. The summed E-state index contributed by atoms with van der Waals surface area (Å²) in [5.41, 5.74) is 8.83. The van der Waals surface area contributed by atoms with Crippen molar-refractivity contribution >= 4 is 56.7 Å². The molecule has 0 saturated carbocycles. The van der Waals surface area contributed by atoms with Crippen molar-refractivity contribution in [3.63, 3.8) is 0 Å². The minimum atomic E-state index is -0.203. The fourth-order valence-electron chi connectivity index (χ4n) is 5.12. The molecule has 190 valence electrons. The molecule has 5 aromatic rings. The summed E-state index contributed by atoms with van der Waals surface area (Å²) in [5, 5.41) is 0. The van der Waals surface area contributed by atoms with Crippen LogP contribution in [0.25, 0.3) is 0 Å². The molecular formula is C32H26I2N2O2. The van der Waals surface area contributed by atoms with E-state index in [2.05, 4.69) is 88.1 Å². The Bertz CT molecular complexity index is 1560. The van der Waals surface area contributed by atoms with Crippen molar-refractivity contribution < 1.29 is 9.59 Å². The van der Waals surface area contributed by atoms with Gasteiger partial charge in [-0.3, -0.25) is 9.59 Å². The van der Waals surface area contributed by atoms with E-state index in [1.807, 2.05) is 72.8 Å². The second kappa shape index (κ2) is 11.0. The molecule has 4 nitrogen and oxygen atoms in total. The molecule has 0 saturated heterocycles. The largest absolute Gasteiger partial charge is 0.355 e. The minimum absolute atomic E-state index is 0.0492. The van der Waals surface area contributed by atoms with E-state index in [1.165, 1.54) is 5.56 Å². The third kappa shape index (κ3) is 5.42. The van der Waals surface area contributed by atoms with Gasteiger partial charge in [-0.1, -0.05) is 42.0 Å². The maximum absolute atomic E-state index is 13.3. The summed E-state index contributed by atoms with van der Waals surface area (Å²) in [6.07, 6.45) is 0. The number of hydrogen-bond acceptors (Lipinski definition) is 2. The van der Waals surface area contributed by atoms with Gasteiger partial charge in [0.15, 0.2) is 0 Å². The van der Waals surface area contributed by atoms with E-state index in [1.54, 1.807) is 0 Å². The van der Waals surface area contributed by atoms with Crippen LogP contribution in [0.15, 0.2) is 84.9 Å². The molecule has 2 heterocycles. The van der Waals surface area contributed by atoms with E-state index in [0.29, 0.717) is 22.5 Å². The van der Waals surface area contributed by atoms with Gasteiger partial charge in [0.1, 0.15) is 0 Å². The van der Waals surface area contributed by atoms with E-state index in [9.17, 15) is 9.59 Å². The first-order valence-electron chi connectivity index (χ1n) is 12.3. The van der Waals surface area contributed by atoms with Crippen LogP contribution in [0.5, 0.6) is 0 Å². The van der Waals surface area contributed by atoms with Gasteiger partial charge in [-0.15, -0.1) is 0 Å². The van der Waals surface area contributed by atoms with Crippen LogP contribution >= 0.6 is 45.2 Å². The Kier molecular flexibility index (Phi) is 7.72. The normalized spacial score (nSPS) is 11.2. The van der Waals surface area contributed by atoms with Crippen molar-refractivity contribution in [2.75, 3.05) is 0 Å². The third-order valence-corrected chi connectivity index (χ3v) is 8.07. The average molecular weight is 724 g/mol. The molecule has 0 spiro atoms. The minimum Gasteiger partial charge on any atom is -0.355 e. The molecule has 6 heteroatoms. The summed E-state index contributed by atoms with van der Waals surface area (Å²) in [6, 6.07) is 27.2. The number of aromatic nitrogens is 2. The molecule has 0 radical (unpaired) electrons. The number of halogens is 2. The van der Waals surface area contributed by atoms with Gasteiger partial charge in [0.05, 0.1) is 17.3 Å². The molecule has 2 N–H and O–H groups in total. The summed E-state index contributed by atoms with van der Waals surface area (Å²) in [4.78, 5) is 33.4. The van der Waals surface area contributed by atoms with E-state index in [-0.39, 0.29) is 17.5 Å². The fraction of sp³-hybridized carbons (Fsp3) is 0.125. The zero-order chi connectivity index (χ0) is 27.0. The van der Waals surface area contributed by atoms with Crippen LogP contribution in [0.2, 0.25) is 0 Å². The molecule has 5 rings (SSSR count). The Labute approximate surface area is 249 Å². The maximum atomic E-state index is 13.3. The highest BCUT2D eigenvalue weighted by Gasteiger charge is 2.26. The van der Waals surface area contributed by atoms with Crippen LogP contribution in [0, 0.1) is 27.9 Å². The zero-order valence-electron chi connectivity index (χ0n) is 21.2. The topological polar surface area (TPSA) is 65.7 Å². The summed E-state index contributed by atoms with van der Waals surface area (Å²) >= 11 is 4.44. The van der Waals surface area contributed by atoms with Gasteiger partial charge in [-0.25, -0.2) is 0 Å². The van der Waals surface area contributed by atoms with Gasteiger partial charge < -0.3 is 9.97 Å². The second-order valence-electron chi connectivity index (χ2n) is 9.58. The Morgan fingerprint density at radius 1 is 0.632 bits per heavy atom. The van der Waals surface area contributed by atoms with E-state index in [4.69, 9.17) is 0 Å². The van der Waals surface area contributed by atoms with Crippen molar-refractivity contribution in [2.45, 2.75) is 26.7 Å². The van der Waals surface area contributed by atoms with Gasteiger partial charge in [-0.2, -0.15) is 0 Å². The molecule has 2 aromatic heterocycles. The van der Waals surface area contributed by atoms with Gasteiger partial charge in [0, 0.05) is 29.7 Å². The first-order chi connectivity index (χ1) is 18.2. The highest BCUT2D eigenvalue weighted by molar-refractivity contribution is 14.1. The van der Waals surface area contributed by atoms with Crippen molar-refractivity contribution in [1.82, 2.24) is 9.97 Å². The Hall–Kier alpha value is -2.98. The standard InChI is InChI=1S/C32H26I2N2O2/c1-18-14-19(2)29(20(3)15-18)30(25-10-12-27(35-25)31(37)21-6-4-8-23(33)16-21)26-11-13-28(36-26)32(38)22-7-5-9-24(34)17-22/h4-17,30,35-36H,1-3H3. The summed E-state index contributed by atoms with van der Waals surface area (Å²) in [6.45, 7) is 6.33. The molecule has 38 heavy (non-hydrogen) atoms. The molecule has 0 bridgehead atoms. The molecular weight excluding hydrogens is 698 g/mol. The van der Waals surface area contributed by atoms with Gasteiger partial charge in [-0.05, 0) is 131 Å². The van der Waals surface area contributed by atoms with Gasteiger partial charge in [0.25, 0.3) is 0 Å². The summed E-state index contributed by atoms with van der Waals surface area (Å²) in [7, 11) is 0. The molecule has 0 unspecified atom stereocenters. The third-order valence-electron chi connectivity index (χ3n) is 6.73. The van der Waals surface area contributed by atoms with Crippen molar-refractivity contribution in [1.29, 1.82) is 0 Å². The summed E-state index contributed by atoms with van der Waals surface area (Å²) < 4.78 is 2.03. The van der Waals surface area contributed by atoms with E-state index >= 15 is 0 Å². The number of aromatic amines is 2. The lowest BCUT2D eigenvalue weighted by Crippen LogP contribution is -2.11. The highest BCUT2D eigenvalue weighted by Crippen LogP contribution is 2.36. The molecule has 0 amide bonds. The lowest BCUT2D eigenvalue weighted by Gasteiger charge is -2.21. The molecule has 0 aliphatic heterocycles. The van der Waals surface area contributed by atoms with Crippen LogP contribution in [0.4, 0.5) is 0 Å². The van der Waals surface area contributed by atoms with Crippen molar-refractivity contribution in [2.24, 2.45) is 0 Å². The number of benzene rings is 3. The molecule has 0 atom stereocenters. The van der Waals surface area contributed by atoms with Crippen LogP contribution in [-0.2, 0) is 0 Å². The SMILES string of the molecule is Cc1cc(C)c(C(c2ccc(C(=O)c3cccc(I)c3)[nH]2)c2ccc(C(=O)c3cccc(I)c3)[nH]2)c(C)c1. The Balaban J connectivity index is 1.59. The van der Waals surface area contributed by atoms with Crippen LogP contribution in [0.1, 0.15) is 71.7 Å². The molecule has 0 aliphatic carbocycles. The van der Waals surface area contributed by atoms with Crippen LogP contribution in [0.3, 0.4) is 0 Å². The highest BCUT2D eigenvalue weighted by atomic mass is 127. The lowest BCUT2D eigenvalue weighted by molar-refractivity contribution is 0.102. The zero-order valence-corrected chi connectivity index (χ0v) is 25.5. The lowest BCUT2D eigenvalue weighted by atomic mass is 9.85. The van der Waals surface area contributed by atoms with Gasteiger partial charge in [0.2, 0.25) is 11.6 Å².